The molecule has 0 amide bonds. The minimum atomic E-state index is -0.627. The number of allylic oxidation sites excluding steroid dienone is 1. The molecule has 194 valence electrons. The lowest BCUT2D eigenvalue weighted by Crippen LogP contribution is -2.39. The molecule has 1 aliphatic rings. The van der Waals surface area contributed by atoms with E-state index in [9.17, 15) is 9.59 Å². The Hall–Kier alpha value is -2.92. The highest BCUT2D eigenvalue weighted by Crippen LogP contribution is 2.34. The van der Waals surface area contributed by atoms with Crippen molar-refractivity contribution in [1.82, 2.24) is 4.57 Å². The first kappa shape index (κ1) is 27.1. The number of hydrogen-bond donors (Lipinski definition) is 0. The first-order valence-corrected chi connectivity index (χ1v) is 13.9. The maximum absolute atomic E-state index is 13.8. The van der Waals surface area contributed by atoms with Crippen LogP contribution in [-0.2, 0) is 9.53 Å². The molecule has 7 nitrogen and oxygen atoms in total. The van der Waals surface area contributed by atoms with Gasteiger partial charge in [0.25, 0.3) is 5.56 Å². The van der Waals surface area contributed by atoms with Crippen LogP contribution in [0.25, 0.3) is 6.08 Å². The van der Waals surface area contributed by atoms with Gasteiger partial charge < -0.3 is 14.2 Å². The average Bonchev–Trinajstić information content (AvgIpc) is 3.17. The Bertz CT molecular complexity index is 1540. The maximum Gasteiger partial charge on any atom is 0.338 e. The van der Waals surface area contributed by atoms with Crippen LogP contribution in [0.3, 0.4) is 0 Å². The summed E-state index contributed by atoms with van der Waals surface area (Å²) in [6.45, 7) is 8.42. The van der Waals surface area contributed by atoms with Crippen LogP contribution in [0.2, 0.25) is 0 Å². The van der Waals surface area contributed by atoms with Crippen molar-refractivity contribution in [3.8, 4) is 11.5 Å². The van der Waals surface area contributed by atoms with Crippen LogP contribution in [0.1, 0.15) is 49.9 Å². The lowest BCUT2D eigenvalue weighted by Gasteiger charge is -2.24. The molecule has 1 aliphatic heterocycles. The molecule has 0 radical (unpaired) electrons. The number of halogens is 1. The van der Waals surface area contributed by atoms with E-state index in [4.69, 9.17) is 14.2 Å². The van der Waals surface area contributed by atoms with E-state index < -0.39 is 12.0 Å². The topological polar surface area (TPSA) is 79.1 Å². The van der Waals surface area contributed by atoms with Gasteiger partial charge in [-0.15, -0.1) is 0 Å². The molecule has 0 N–H and O–H groups in total. The number of methoxy groups -OCH3 is 1. The molecule has 3 aromatic rings. The Balaban J connectivity index is 1.89. The van der Waals surface area contributed by atoms with Crippen LogP contribution < -0.4 is 24.4 Å². The van der Waals surface area contributed by atoms with E-state index in [0.717, 1.165) is 26.7 Å². The minimum Gasteiger partial charge on any atom is -0.493 e. The summed E-state index contributed by atoms with van der Waals surface area (Å²) in [5.41, 5.74) is 3.42. The van der Waals surface area contributed by atoms with Crippen molar-refractivity contribution in [3.05, 3.63) is 87.6 Å². The van der Waals surface area contributed by atoms with E-state index >= 15 is 0 Å². The SMILES string of the molecule is CCCOc1c(I)cc(/C=c2/sc3n(c2=O)[C@H](c2ccc(C)cc2)C(C(=O)OCC)=C(C)N=3)cc1OC. The molecular weight excluding hydrogens is 603 g/mol. The summed E-state index contributed by atoms with van der Waals surface area (Å²) in [6.07, 6.45) is 2.71. The summed E-state index contributed by atoms with van der Waals surface area (Å²) in [6, 6.07) is 11.0. The number of ether oxygens (including phenoxy) is 3. The van der Waals surface area contributed by atoms with E-state index in [1.165, 1.54) is 11.3 Å². The van der Waals surface area contributed by atoms with Crippen LogP contribution in [0, 0.1) is 10.5 Å². The van der Waals surface area contributed by atoms with Crippen molar-refractivity contribution >= 4 is 46.0 Å². The molecule has 2 aromatic carbocycles. The molecule has 2 heterocycles. The monoisotopic (exact) mass is 632 g/mol. The molecule has 1 aromatic heterocycles. The number of nitrogens with zero attached hydrogens (tertiary/aromatic N) is 2. The molecule has 0 spiro atoms. The Morgan fingerprint density at radius 1 is 1.19 bits per heavy atom. The highest BCUT2D eigenvalue weighted by atomic mass is 127. The molecule has 4 rings (SSSR count). The number of aryl methyl sites for hydroxylation is 1. The highest BCUT2D eigenvalue weighted by Gasteiger charge is 2.33. The number of thiazole rings is 1. The fourth-order valence-electron chi connectivity index (χ4n) is 4.17. The standard InChI is InChI=1S/C28H29IN2O5S/c1-6-12-36-25-20(29)13-18(14-21(25)34-5)15-22-26(32)31-24(19-10-8-16(3)9-11-19)23(27(33)35-7-2)17(4)30-28(31)37-22/h8-11,13-15,24H,6-7,12H2,1-5H3/b22-15+/t24-/m1/s1. The van der Waals surface area contributed by atoms with Gasteiger partial charge in [-0.1, -0.05) is 48.1 Å². The van der Waals surface area contributed by atoms with Gasteiger partial charge >= 0.3 is 5.97 Å². The lowest BCUT2D eigenvalue weighted by atomic mass is 9.95. The summed E-state index contributed by atoms with van der Waals surface area (Å²) in [7, 11) is 1.60. The highest BCUT2D eigenvalue weighted by molar-refractivity contribution is 14.1. The molecule has 1 atom stereocenters. The Morgan fingerprint density at radius 2 is 1.92 bits per heavy atom. The smallest absolute Gasteiger partial charge is 0.338 e. The Morgan fingerprint density at radius 3 is 2.57 bits per heavy atom. The Labute approximate surface area is 233 Å². The van der Waals surface area contributed by atoms with Gasteiger partial charge in [0.05, 0.1) is 45.7 Å². The number of esters is 1. The zero-order valence-corrected chi connectivity index (χ0v) is 24.4. The van der Waals surface area contributed by atoms with Crippen molar-refractivity contribution < 1.29 is 19.0 Å². The van der Waals surface area contributed by atoms with Gasteiger partial charge in [-0.3, -0.25) is 9.36 Å². The number of rotatable bonds is 8. The second-order valence-corrected chi connectivity index (χ2v) is 10.8. The van der Waals surface area contributed by atoms with Gasteiger partial charge in [0.2, 0.25) is 0 Å². The van der Waals surface area contributed by atoms with Crippen molar-refractivity contribution in [1.29, 1.82) is 0 Å². The predicted octanol–water partition coefficient (Wildman–Crippen LogP) is 4.51. The first-order valence-electron chi connectivity index (χ1n) is 12.1. The predicted molar refractivity (Wildman–Crippen MR) is 153 cm³/mol. The van der Waals surface area contributed by atoms with E-state index in [-0.39, 0.29) is 12.2 Å². The molecular formula is C28H29IN2O5S. The first-order chi connectivity index (χ1) is 17.8. The second-order valence-electron chi connectivity index (χ2n) is 8.60. The molecule has 0 fully saturated rings. The van der Waals surface area contributed by atoms with Crippen LogP contribution in [0.5, 0.6) is 11.5 Å². The fourth-order valence-corrected chi connectivity index (χ4v) is 6.00. The third-order valence-corrected chi connectivity index (χ3v) is 7.69. The van der Waals surface area contributed by atoms with E-state index in [1.54, 1.807) is 25.5 Å². The number of carbonyl (C=O) groups excluding carboxylic acids is 1. The Kier molecular flexibility index (Phi) is 8.53. The average molecular weight is 633 g/mol. The second kappa shape index (κ2) is 11.6. The van der Waals surface area contributed by atoms with Crippen molar-refractivity contribution in [2.75, 3.05) is 20.3 Å². The van der Waals surface area contributed by atoms with Gasteiger partial charge in [0, 0.05) is 0 Å². The molecule has 0 saturated carbocycles. The zero-order valence-electron chi connectivity index (χ0n) is 21.5. The van der Waals surface area contributed by atoms with Gasteiger partial charge in [-0.2, -0.15) is 0 Å². The minimum absolute atomic E-state index is 0.219. The van der Waals surface area contributed by atoms with Crippen LogP contribution in [0.4, 0.5) is 0 Å². The molecule has 0 aliphatic carbocycles. The molecule has 37 heavy (non-hydrogen) atoms. The van der Waals surface area contributed by atoms with Gasteiger partial charge in [-0.25, -0.2) is 9.79 Å². The van der Waals surface area contributed by atoms with Crippen LogP contribution in [0.15, 0.2) is 57.5 Å². The van der Waals surface area contributed by atoms with Crippen molar-refractivity contribution in [3.63, 3.8) is 0 Å². The number of benzene rings is 2. The van der Waals surface area contributed by atoms with Gasteiger partial charge in [0.15, 0.2) is 16.3 Å². The fraction of sp³-hybridized carbons (Fsp3) is 0.321. The lowest BCUT2D eigenvalue weighted by molar-refractivity contribution is -0.139. The summed E-state index contributed by atoms with van der Waals surface area (Å²) in [5.74, 6) is 0.834. The quantitative estimate of drug-likeness (QED) is 0.270. The molecule has 0 unspecified atom stereocenters. The maximum atomic E-state index is 13.8. The van der Waals surface area contributed by atoms with E-state index in [1.807, 2.05) is 56.3 Å². The van der Waals surface area contributed by atoms with E-state index in [0.29, 0.717) is 38.7 Å². The van der Waals surface area contributed by atoms with Crippen molar-refractivity contribution in [2.24, 2.45) is 4.99 Å². The number of hydrogen-bond acceptors (Lipinski definition) is 7. The largest absolute Gasteiger partial charge is 0.493 e. The molecule has 0 bridgehead atoms. The zero-order chi connectivity index (χ0) is 26.7. The molecule has 0 saturated heterocycles. The van der Waals surface area contributed by atoms with Gasteiger partial charge in [0.1, 0.15) is 0 Å². The summed E-state index contributed by atoms with van der Waals surface area (Å²) in [5, 5.41) is 0. The van der Waals surface area contributed by atoms with Crippen molar-refractivity contribution in [2.45, 2.75) is 40.2 Å². The van der Waals surface area contributed by atoms with Crippen LogP contribution in [-0.4, -0.2) is 30.9 Å². The molecule has 9 heteroatoms. The normalized spacial score (nSPS) is 15.3. The third kappa shape index (κ3) is 5.52. The number of fused-ring (bicyclic) bond motifs is 1. The van der Waals surface area contributed by atoms with Gasteiger partial charge in [-0.05, 0) is 79.1 Å². The van der Waals surface area contributed by atoms with E-state index in [2.05, 4.69) is 27.6 Å². The number of carbonyl (C=O) groups is 1. The summed E-state index contributed by atoms with van der Waals surface area (Å²) < 4.78 is 19.8. The number of aromatic nitrogens is 1. The van der Waals surface area contributed by atoms with Crippen LogP contribution >= 0.6 is 33.9 Å². The third-order valence-electron chi connectivity index (χ3n) is 5.91. The summed E-state index contributed by atoms with van der Waals surface area (Å²) >= 11 is 3.51. The summed E-state index contributed by atoms with van der Waals surface area (Å²) in [4.78, 5) is 32.0.